The monoisotopic (exact) mass is 425 g/mol. The molecule has 6 nitrogen and oxygen atoms in total. The van der Waals surface area contributed by atoms with E-state index >= 15 is 0 Å². The van der Waals surface area contributed by atoms with E-state index in [1.54, 1.807) is 18.2 Å². The second-order valence-electron chi connectivity index (χ2n) is 6.55. The quantitative estimate of drug-likeness (QED) is 0.732. The molecule has 2 aromatic carbocycles. The van der Waals surface area contributed by atoms with Crippen LogP contribution in [0.5, 0.6) is 0 Å². The summed E-state index contributed by atoms with van der Waals surface area (Å²) in [5, 5.41) is 5.12. The number of carbonyl (C=O) groups is 3. The number of imide groups is 1. The minimum absolute atomic E-state index is 0.347. The summed E-state index contributed by atoms with van der Waals surface area (Å²) in [5.74, 6) is -1.66. The van der Waals surface area contributed by atoms with Crippen molar-refractivity contribution in [1.82, 2.24) is 10.2 Å². The van der Waals surface area contributed by atoms with Gasteiger partial charge in [-0.05, 0) is 36.8 Å². The van der Waals surface area contributed by atoms with Crippen LogP contribution in [0.25, 0.3) is 0 Å². The Balaban J connectivity index is 1.84. The van der Waals surface area contributed by atoms with E-state index < -0.39 is 47.2 Å². The summed E-state index contributed by atoms with van der Waals surface area (Å²) < 4.78 is 40.1. The van der Waals surface area contributed by atoms with Gasteiger partial charge in [-0.3, -0.25) is 14.5 Å². The minimum atomic E-state index is -4.72. The first-order valence-electron chi connectivity index (χ1n) is 8.38. The summed E-state index contributed by atoms with van der Waals surface area (Å²) in [6.07, 6.45) is -4.72. The molecule has 0 radical (unpaired) electrons. The molecule has 0 aliphatic carbocycles. The van der Waals surface area contributed by atoms with Crippen molar-refractivity contribution in [2.75, 3.05) is 11.9 Å². The topological polar surface area (TPSA) is 78.5 Å². The zero-order valence-corrected chi connectivity index (χ0v) is 15.8. The van der Waals surface area contributed by atoms with Crippen molar-refractivity contribution in [2.24, 2.45) is 0 Å². The van der Waals surface area contributed by atoms with Crippen molar-refractivity contribution in [3.63, 3.8) is 0 Å². The number of amides is 4. The molecule has 0 bridgehead atoms. The lowest BCUT2D eigenvalue weighted by Gasteiger charge is -2.25. The van der Waals surface area contributed by atoms with Crippen LogP contribution < -0.4 is 10.6 Å². The Morgan fingerprint density at radius 3 is 2.52 bits per heavy atom. The van der Waals surface area contributed by atoms with Crippen molar-refractivity contribution in [3.05, 3.63) is 64.7 Å². The molecule has 2 aromatic rings. The Kier molecular flexibility index (Phi) is 5.27. The molecule has 3 rings (SSSR count). The normalized spacial score (nSPS) is 19.3. The van der Waals surface area contributed by atoms with E-state index in [0.29, 0.717) is 15.6 Å². The van der Waals surface area contributed by atoms with Crippen molar-refractivity contribution in [1.29, 1.82) is 0 Å². The van der Waals surface area contributed by atoms with Gasteiger partial charge in [-0.2, -0.15) is 13.2 Å². The first-order chi connectivity index (χ1) is 13.5. The molecule has 0 saturated carbocycles. The third-order valence-corrected chi connectivity index (χ3v) is 4.69. The fourth-order valence-corrected chi connectivity index (χ4v) is 3.29. The van der Waals surface area contributed by atoms with E-state index in [1.165, 1.54) is 25.1 Å². The van der Waals surface area contributed by atoms with Crippen molar-refractivity contribution >= 4 is 35.1 Å². The van der Waals surface area contributed by atoms with Crippen LogP contribution in [0, 0.1) is 0 Å². The van der Waals surface area contributed by atoms with Crippen LogP contribution in [0.1, 0.15) is 18.1 Å². The summed E-state index contributed by atoms with van der Waals surface area (Å²) in [6, 6.07) is 9.72. The van der Waals surface area contributed by atoms with Gasteiger partial charge in [0, 0.05) is 10.7 Å². The first kappa shape index (κ1) is 20.7. The first-order valence-corrected chi connectivity index (χ1v) is 8.76. The van der Waals surface area contributed by atoms with Gasteiger partial charge in [-0.25, -0.2) is 4.79 Å². The number of hydrogen-bond acceptors (Lipinski definition) is 3. The van der Waals surface area contributed by atoms with Crippen LogP contribution in [-0.2, 0) is 21.3 Å². The van der Waals surface area contributed by atoms with Crippen LogP contribution in [0.4, 0.5) is 23.7 Å². The highest BCUT2D eigenvalue weighted by molar-refractivity contribution is 6.30. The molecule has 1 fully saturated rings. The molecule has 10 heteroatoms. The second kappa shape index (κ2) is 7.40. The summed E-state index contributed by atoms with van der Waals surface area (Å²) in [5.41, 5.74) is -3.05. The second-order valence-corrected chi connectivity index (χ2v) is 6.98. The molecule has 0 aromatic heterocycles. The van der Waals surface area contributed by atoms with Gasteiger partial charge in [0.25, 0.3) is 5.91 Å². The molecule has 1 aliphatic rings. The van der Waals surface area contributed by atoms with Crippen LogP contribution in [0.2, 0.25) is 5.02 Å². The predicted molar refractivity (Wildman–Crippen MR) is 99.1 cm³/mol. The molecule has 1 aliphatic heterocycles. The van der Waals surface area contributed by atoms with Crippen molar-refractivity contribution in [2.45, 2.75) is 18.6 Å². The maximum Gasteiger partial charge on any atom is 0.416 e. The number of urea groups is 1. The third-order valence-electron chi connectivity index (χ3n) is 4.46. The highest BCUT2D eigenvalue weighted by atomic mass is 35.5. The Hall–Kier alpha value is -3.07. The number of halogens is 4. The van der Waals surface area contributed by atoms with E-state index in [9.17, 15) is 27.6 Å². The van der Waals surface area contributed by atoms with Gasteiger partial charge in [0.05, 0.1) is 5.56 Å². The zero-order valence-electron chi connectivity index (χ0n) is 15.0. The van der Waals surface area contributed by atoms with Crippen molar-refractivity contribution in [3.8, 4) is 0 Å². The lowest BCUT2D eigenvalue weighted by molar-refractivity contribution is -0.140. The lowest BCUT2D eigenvalue weighted by atomic mass is 9.87. The average molecular weight is 426 g/mol. The van der Waals surface area contributed by atoms with E-state index in [4.69, 9.17) is 11.6 Å². The highest BCUT2D eigenvalue weighted by Gasteiger charge is 2.52. The molecule has 152 valence electrons. The van der Waals surface area contributed by atoms with Crippen molar-refractivity contribution < 1.29 is 27.6 Å². The molecule has 0 spiro atoms. The predicted octanol–water partition coefficient (Wildman–Crippen LogP) is 3.76. The number of anilines is 1. The van der Waals surface area contributed by atoms with Crippen LogP contribution in [-0.4, -0.2) is 29.3 Å². The van der Waals surface area contributed by atoms with Gasteiger partial charge in [0.2, 0.25) is 5.91 Å². The third kappa shape index (κ3) is 4.04. The Morgan fingerprint density at radius 1 is 1.17 bits per heavy atom. The van der Waals surface area contributed by atoms with E-state index in [0.717, 1.165) is 12.1 Å². The number of hydrogen-bond donors (Lipinski definition) is 2. The summed E-state index contributed by atoms with van der Waals surface area (Å²) >= 11 is 5.83. The average Bonchev–Trinajstić information content (AvgIpc) is 2.85. The number of alkyl halides is 3. The van der Waals surface area contributed by atoms with Crippen LogP contribution in [0.15, 0.2) is 48.5 Å². The summed E-state index contributed by atoms with van der Waals surface area (Å²) in [6.45, 7) is 0.508. The number of carbonyl (C=O) groups excluding carboxylic acids is 3. The van der Waals surface area contributed by atoms with Gasteiger partial charge >= 0.3 is 12.2 Å². The van der Waals surface area contributed by atoms with Crippen LogP contribution in [0.3, 0.4) is 0 Å². The maximum atomic E-state index is 13.4. The SMILES string of the molecule is CC1(c2ccccc2C(F)(F)F)NC(=O)N(CC(=O)Nc2cccc(Cl)c2)C1=O. The number of benzene rings is 2. The highest BCUT2D eigenvalue weighted by Crippen LogP contribution is 2.39. The molecule has 1 atom stereocenters. The van der Waals surface area contributed by atoms with Gasteiger partial charge in [0.1, 0.15) is 12.1 Å². The Morgan fingerprint density at radius 2 is 1.86 bits per heavy atom. The fourth-order valence-electron chi connectivity index (χ4n) is 3.10. The van der Waals surface area contributed by atoms with Crippen LogP contribution >= 0.6 is 11.6 Å². The lowest BCUT2D eigenvalue weighted by Crippen LogP contribution is -2.43. The molecule has 2 N–H and O–H groups in total. The Labute approximate surface area is 168 Å². The summed E-state index contributed by atoms with van der Waals surface area (Å²) in [7, 11) is 0. The number of nitrogens with one attached hydrogen (secondary N) is 2. The minimum Gasteiger partial charge on any atom is -0.324 e. The molecular weight excluding hydrogens is 411 g/mol. The standard InChI is InChI=1S/C19H15ClF3N3O3/c1-18(13-7-2-3-8-14(13)19(21,22)23)16(28)26(17(29)25-18)10-15(27)24-12-6-4-5-11(20)9-12/h2-9H,10H2,1H3,(H,24,27)(H,25,29). The van der Waals surface area contributed by atoms with Gasteiger partial charge in [-0.1, -0.05) is 35.9 Å². The molecular formula is C19H15ClF3N3O3. The van der Waals surface area contributed by atoms with E-state index in [2.05, 4.69) is 10.6 Å². The molecule has 1 saturated heterocycles. The van der Waals surface area contributed by atoms with E-state index in [1.807, 2.05) is 0 Å². The molecule has 1 heterocycles. The molecule has 29 heavy (non-hydrogen) atoms. The van der Waals surface area contributed by atoms with E-state index in [-0.39, 0.29) is 0 Å². The zero-order chi connectivity index (χ0) is 21.4. The number of rotatable bonds is 4. The summed E-state index contributed by atoms with van der Waals surface area (Å²) in [4.78, 5) is 37.9. The molecule has 1 unspecified atom stereocenters. The molecule has 4 amide bonds. The maximum absolute atomic E-state index is 13.4. The van der Waals surface area contributed by atoms with Gasteiger partial charge in [-0.15, -0.1) is 0 Å². The van der Waals surface area contributed by atoms with Gasteiger partial charge < -0.3 is 10.6 Å². The number of nitrogens with zero attached hydrogens (tertiary/aromatic N) is 1. The fraction of sp³-hybridized carbons (Fsp3) is 0.211. The smallest absolute Gasteiger partial charge is 0.324 e. The van der Waals surface area contributed by atoms with Gasteiger partial charge in [0.15, 0.2) is 0 Å². The largest absolute Gasteiger partial charge is 0.416 e. The Bertz CT molecular complexity index is 996.